The van der Waals surface area contributed by atoms with Crippen molar-refractivity contribution in [3.05, 3.63) is 33.4 Å². The first-order chi connectivity index (χ1) is 12.0. The molecule has 1 amide bonds. The molecule has 1 aliphatic carbocycles. The van der Waals surface area contributed by atoms with E-state index in [1.807, 2.05) is 0 Å². The average Bonchev–Trinajstić information content (AvgIpc) is 2.93. The first-order valence-corrected chi connectivity index (χ1v) is 8.76. The van der Waals surface area contributed by atoms with Crippen LogP contribution in [0.25, 0.3) is 10.9 Å². The minimum Gasteiger partial charge on any atom is -0.543 e. The molecule has 0 aliphatic heterocycles. The Hall–Kier alpha value is -1.16. The van der Waals surface area contributed by atoms with E-state index in [1.165, 1.54) is 12.5 Å². The van der Waals surface area contributed by atoms with Gasteiger partial charge >= 0.3 is 29.6 Å². The normalized spacial score (nSPS) is 14.2. The third-order valence-corrected chi connectivity index (χ3v) is 4.78. The van der Waals surface area contributed by atoms with Crippen LogP contribution in [0, 0.1) is 11.8 Å². The van der Waals surface area contributed by atoms with Crippen LogP contribution >= 0.6 is 23.2 Å². The van der Waals surface area contributed by atoms with Crippen molar-refractivity contribution in [1.82, 2.24) is 10.3 Å². The Morgan fingerprint density at radius 2 is 1.88 bits per heavy atom. The number of aromatic amines is 1. The molecule has 0 bridgehead atoms. The molecule has 0 spiro atoms. The van der Waals surface area contributed by atoms with Gasteiger partial charge in [-0.25, -0.2) is 0 Å². The summed E-state index contributed by atoms with van der Waals surface area (Å²) in [7, 11) is 0. The minimum absolute atomic E-state index is 0. The van der Waals surface area contributed by atoms with E-state index in [4.69, 9.17) is 23.2 Å². The van der Waals surface area contributed by atoms with Crippen LogP contribution < -0.4 is 40.0 Å². The summed E-state index contributed by atoms with van der Waals surface area (Å²) in [5.41, 5.74) is 0.321. The van der Waals surface area contributed by atoms with Gasteiger partial charge in [-0.15, -0.1) is 0 Å². The summed E-state index contributed by atoms with van der Waals surface area (Å²) in [4.78, 5) is 26.1. The van der Waals surface area contributed by atoms with Crippen LogP contribution in [-0.2, 0) is 4.79 Å². The molecule has 0 radical (unpaired) electrons. The van der Waals surface area contributed by atoms with Crippen LogP contribution in [0.1, 0.15) is 48.2 Å². The first kappa shape index (κ1) is 21.1. The van der Waals surface area contributed by atoms with Gasteiger partial charge in [0, 0.05) is 22.4 Å². The number of carboxylic acid groups (broad SMARTS) is 1. The third kappa shape index (κ3) is 4.76. The van der Waals surface area contributed by atoms with E-state index in [2.05, 4.69) is 22.1 Å². The molecule has 0 unspecified atom stereocenters. The Morgan fingerprint density at radius 1 is 1.19 bits per heavy atom. The van der Waals surface area contributed by atoms with Gasteiger partial charge in [0.2, 0.25) is 0 Å². The standard InChI is InChI=1S/C18H16Cl2N2O3.Na/c19-10-8-13(20)16-12(17(18(24)25)22-14(16)9-10)6-7-15(23)21-11-4-2-1-3-5-11;/h8-9,11,22H,1-5H2,(H,21,23)(H,24,25);/q;+1/p-1. The number of benzene rings is 1. The number of halogens is 2. The van der Waals surface area contributed by atoms with Gasteiger partial charge in [-0.2, -0.15) is 0 Å². The fourth-order valence-corrected chi connectivity index (χ4v) is 3.70. The van der Waals surface area contributed by atoms with Crippen LogP contribution in [-0.4, -0.2) is 22.9 Å². The molecule has 1 saturated carbocycles. The van der Waals surface area contributed by atoms with Gasteiger partial charge in [0.15, 0.2) is 0 Å². The molecule has 130 valence electrons. The molecule has 1 aliphatic rings. The molecule has 0 saturated heterocycles. The van der Waals surface area contributed by atoms with Crippen molar-refractivity contribution in [3.8, 4) is 11.8 Å². The number of aromatic nitrogens is 1. The van der Waals surface area contributed by atoms with Crippen molar-refractivity contribution in [2.24, 2.45) is 0 Å². The molecular formula is C18H15Cl2N2NaO3. The van der Waals surface area contributed by atoms with Gasteiger partial charge in [-0.3, -0.25) is 4.79 Å². The first-order valence-electron chi connectivity index (χ1n) is 8.00. The Morgan fingerprint density at radius 3 is 2.54 bits per heavy atom. The molecule has 26 heavy (non-hydrogen) atoms. The third-order valence-electron chi connectivity index (χ3n) is 4.26. The monoisotopic (exact) mass is 400 g/mol. The van der Waals surface area contributed by atoms with E-state index in [-0.39, 0.29) is 51.9 Å². The summed E-state index contributed by atoms with van der Waals surface area (Å²) in [5, 5.41) is 15.2. The maximum absolute atomic E-state index is 12.1. The topological polar surface area (TPSA) is 85.0 Å². The number of carbonyl (C=O) groups excluding carboxylic acids is 2. The smallest absolute Gasteiger partial charge is 0.543 e. The fourth-order valence-electron chi connectivity index (χ4n) is 3.11. The Kier molecular flexibility index (Phi) is 7.45. The average molecular weight is 401 g/mol. The van der Waals surface area contributed by atoms with Crippen molar-refractivity contribution in [1.29, 1.82) is 0 Å². The summed E-state index contributed by atoms with van der Waals surface area (Å²) >= 11 is 12.1. The molecule has 2 N–H and O–H groups in total. The molecule has 1 aromatic carbocycles. The zero-order chi connectivity index (χ0) is 18.0. The number of rotatable bonds is 2. The molecule has 2 aromatic rings. The second kappa shape index (κ2) is 9.16. The number of aromatic carboxylic acids is 1. The number of carboxylic acids is 1. The summed E-state index contributed by atoms with van der Waals surface area (Å²) in [6, 6.07) is 3.16. The molecule has 8 heteroatoms. The molecular weight excluding hydrogens is 386 g/mol. The zero-order valence-electron chi connectivity index (χ0n) is 14.2. The van der Waals surface area contributed by atoms with Crippen molar-refractivity contribution in [3.63, 3.8) is 0 Å². The molecule has 1 heterocycles. The van der Waals surface area contributed by atoms with Gasteiger partial charge in [0.25, 0.3) is 5.91 Å². The second-order valence-electron chi connectivity index (χ2n) is 6.03. The van der Waals surface area contributed by atoms with Crippen molar-refractivity contribution in [2.45, 2.75) is 38.1 Å². The van der Waals surface area contributed by atoms with E-state index in [9.17, 15) is 14.7 Å². The van der Waals surface area contributed by atoms with Crippen LogP contribution in [0.3, 0.4) is 0 Å². The van der Waals surface area contributed by atoms with Crippen LogP contribution in [0.15, 0.2) is 12.1 Å². The van der Waals surface area contributed by atoms with Gasteiger partial charge in [0.05, 0.1) is 27.8 Å². The Labute approximate surface area is 183 Å². The summed E-state index contributed by atoms with van der Waals surface area (Å²) in [6.07, 6.45) is 5.24. The number of carbonyl (C=O) groups is 2. The Bertz CT molecular complexity index is 909. The van der Waals surface area contributed by atoms with Gasteiger partial charge < -0.3 is 20.2 Å². The molecule has 0 atom stereocenters. The van der Waals surface area contributed by atoms with Gasteiger partial charge in [-0.1, -0.05) is 48.4 Å². The summed E-state index contributed by atoms with van der Waals surface area (Å²) in [6.45, 7) is 0. The number of hydrogen-bond donors (Lipinski definition) is 2. The van der Waals surface area contributed by atoms with Crippen LogP contribution in [0.2, 0.25) is 10.0 Å². The number of hydrogen-bond acceptors (Lipinski definition) is 3. The fraction of sp³-hybridized carbons (Fsp3) is 0.333. The predicted octanol–water partition coefficient (Wildman–Crippen LogP) is -0.357. The number of fused-ring (bicyclic) bond motifs is 1. The minimum atomic E-state index is -1.43. The van der Waals surface area contributed by atoms with Gasteiger partial charge in [0.1, 0.15) is 0 Å². The summed E-state index contributed by atoms with van der Waals surface area (Å²) < 4.78 is 0. The van der Waals surface area contributed by atoms with Gasteiger partial charge in [-0.05, 0) is 25.0 Å². The second-order valence-corrected chi connectivity index (χ2v) is 6.87. The van der Waals surface area contributed by atoms with E-state index in [0.717, 1.165) is 25.7 Å². The van der Waals surface area contributed by atoms with Crippen LogP contribution in [0.5, 0.6) is 0 Å². The number of amides is 1. The van der Waals surface area contributed by atoms with E-state index >= 15 is 0 Å². The quantitative estimate of drug-likeness (QED) is 0.533. The number of H-pyrrole nitrogens is 1. The SMILES string of the molecule is O=C(C#Cc1c(C(=O)[O-])[nH]c2cc(Cl)cc(Cl)c12)NC1CCCCC1.[Na+]. The van der Waals surface area contributed by atoms with Crippen LogP contribution in [0.4, 0.5) is 0 Å². The van der Waals surface area contributed by atoms with Crippen molar-refractivity contribution in [2.75, 3.05) is 0 Å². The molecule has 1 fully saturated rings. The number of nitrogens with one attached hydrogen (secondary N) is 2. The van der Waals surface area contributed by atoms with Crippen molar-refractivity contribution < 1.29 is 44.3 Å². The Balaban J connectivity index is 0.00000243. The van der Waals surface area contributed by atoms with E-state index in [1.54, 1.807) is 6.07 Å². The van der Waals surface area contributed by atoms with E-state index in [0.29, 0.717) is 15.9 Å². The predicted molar refractivity (Wildman–Crippen MR) is 94.5 cm³/mol. The summed E-state index contributed by atoms with van der Waals surface area (Å²) in [5.74, 6) is 3.22. The van der Waals surface area contributed by atoms with Crippen molar-refractivity contribution >= 4 is 46.0 Å². The largest absolute Gasteiger partial charge is 1.00 e. The zero-order valence-corrected chi connectivity index (χ0v) is 17.8. The molecule has 3 rings (SSSR count). The maximum atomic E-state index is 12.1. The maximum Gasteiger partial charge on any atom is 1.00 e. The molecule has 1 aromatic heterocycles. The molecule has 5 nitrogen and oxygen atoms in total. The van der Waals surface area contributed by atoms with E-state index < -0.39 is 11.9 Å².